The summed E-state index contributed by atoms with van der Waals surface area (Å²) in [6.45, 7) is 1.74. The molecule has 25 heavy (non-hydrogen) atoms. The third kappa shape index (κ3) is 2.41. The second kappa shape index (κ2) is 5.80. The van der Waals surface area contributed by atoms with Gasteiger partial charge in [0.25, 0.3) is 5.91 Å². The summed E-state index contributed by atoms with van der Waals surface area (Å²) in [7, 11) is 5.08. The predicted molar refractivity (Wildman–Crippen MR) is 90.8 cm³/mol. The van der Waals surface area contributed by atoms with Crippen molar-refractivity contribution in [2.24, 2.45) is 7.05 Å². The highest BCUT2D eigenvalue weighted by atomic mass is 16.5. The molecule has 1 amide bonds. The topological polar surface area (TPSA) is 74.4 Å². The van der Waals surface area contributed by atoms with Crippen molar-refractivity contribution in [2.45, 2.75) is 13.1 Å². The summed E-state index contributed by atoms with van der Waals surface area (Å²) >= 11 is 0. The zero-order valence-corrected chi connectivity index (χ0v) is 14.4. The van der Waals surface area contributed by atoms with E-state index in [0.717, 1.165) is 16.7 Å². The van der Waals surface area contributed by atoms with Crippen molar-refractivity contribution in [3.8, 4) is 11.5 Å². The molecule has 1 aliphatic rings. The van der Waals surface area contributed by atoms with E-state index in [4.69, 9.17) is 9.47 Å². The Bertz CT molecular complexity index is 959. The number of benzene rings is 1. The van der Waals surface area contributed by atoms with Crippen molar-refractivity contribution in [1.82, 2.24) is 24.2 Å². The third-order valence-corrected chi connectivity index (χ3v) is 4.66. The standard InChI is InChI=1S/C17H19N5O3/c1-20-12-8-15(25-3)14(24-2)7-11(12)6-13(20)17(23)21-4-5-22-16(9-21)18-10-19-22/h6-8,10H,4-5,9H2,1-3H3. The molecule has 0 saturated heterocycles. The van der Waals surface area contributed by atoms with E-state index in [1.54, 1.807) is 19.1 Å². The molecule has 0 saturated carbocycles. The first kappa shape index (κ1) is 15.5. The molecule has 0 unspecified atom stereocenters. The molecule has 8 nitrogen and oxygen atoms in total. The van der Waals surface area contributed by atoms with E-state index in [1.807, 2.05) is 34.5 Å². The second-order valence-corrected chi connectivity index (χ2v) is 5.98. The molecular weight excluding hydrogens is 322 g/mol. The number of amides is 1. The monoisotopic (exact) mass is 341 g/mol. The fourth-order valence-electron chi connectivity index (χ4n) is 3.27. The van der Waals surface area contributed by atoms with Gasteiger partial charge in [0.2, 0.25) is 0 Å². The van der Waals surface area contributed by atoms with Crippen LogP contribution in [0.4, 0.5) is 0 Å². The van der Waals surface area contributed by atoms with Crippen molar-refractivity contribution in [1.29, 1.82) is 0 Å². The van der Waals surface area contributed by atoms with Crippen LogP contribution in [-0.2, 0) is 20.1 Å². The van der Waals surface area contributed by atoms with E-state index in [2.05, 4.69) is 10.1 Å². The van der Waals surface area contributed by atoms with Gasteiger partial charge < -0.3 is 18.9 Å². The number of carbonyl (C=O) groups is 1. The van der Waals surface area contributed by atoms with Crippen LogP contribution in [0.5, 0.6) is 11.5 Å². The Balaban J connectivity index is 1.71. The van der Waals surface area contributed by atoms with Crippen LogP contribution < -0.4 is 9.47 Å². The summed E-state index contributed by atoms with van der Waals surface area (Å²) in [6, 6.07) is 5.66. The van der Waals surface area contributed by atoms with Gasteiger partial charge in [-0.1, -0.05) is 0 Å². The van der Waals surface area contributed by atoms with Gasteiger partial charge >= 0.3 is 0 Å². The summed E-state index contributed by atoms with van der Waals surface area (Å²) in [6.07, 6.45) is 1.53. The number of hydrogen-bond acceptors (Lipinski definition) is 5. The van der Waals surface area contributed by atoms with Gasteiger partial charge in [-0.05, 0) is 12.1 Å². The number of fused-ring (bicyclic) bond motifs is 2. The van der Waals surface area contributed by atoms with Gasteiger partial charge in [-0.3, -0.25) is 4.79 Å². The Kier molecular flexibility index (Phi) is 3.60. The molecule has 130 valence electrons. The van der Waals surface area contributed by atoms with Gasteiger partial charge in [-0.25, -0.2) is 9.67 Å². The minimum atomic E-state index is -0.0223. The van der Waals surface area contributed by atoms with E-state index in [9.17, 15) is 4.79 Å². The molecule has 0 bridgehead atoms. The predicted octanol–water partition coefficient (Wildman–Crippen LogP) is 1.44. The van der Waals surface area contributed by atoms with Crippen LogP contribution in [0, 0.1) is 0 Å². The minimum Gasteiger partial charge on any atom is -0.493 e. The van der Waals surface area contributed by atoms with Crippen molar-refractivity contribution in [3.63, 3.8) is 0 Å². The lowest BCUT2D eigenvalue weighted by Crippen LogP contribution is -2.39. The molecule has 4 rings (SSSR count). The SMILES string of the molecule is COc1cc2cc(C(=O)N3CCn4ncnc4C3)n(C)c2cc1OC. The fraction of sp³-hybridized carbons (Fsp3) is 0.353. The molecule has 0 radical (unpaired) electrons. The normalized spacial score (nSPS) is 13.8. The first-order valence-electron chi connectivity index (χ1n) is 7.99. The molecule has 2 aromatic heterocycles. The smallest absolute Gasteiger partial charge is 0.270 e. The zero-order valence-electron chi connectivity index (χ0n) is 14.4. The first-order valence-corrected chi connectivity index (χ1v) is 7.99. The van der Waals surface area contributed by atoms with E-state index >= 15 is 0 Å². The summed E-state index contributed by atoms with van der Waals surface area (Å²) in [5, 5.41) is 5.08. The van der Waals surface area contributed by atoms with E-state index < -0.39 is 0 Å². The van der Waals surface area contributed by atoms with Crippen LogP contribution in [-0.4, -0.2) is 50.9 Å². The molecule has 3 aromatic rings. The Hall–Kier alpha value is -3.03. The number of aryl methyl sites for hydroxylation is 1. The van der Waals surface area contributed by atoms with Crippen LogP contribution in [0.25, 0.3) is 10.9 Å². The number of rotatable bonds is 3. The highest BCUT2D eigenvalue weighted by molar-refractivity contribution is 5.99. The molecule has 0 aliphatic carbocycles. The second-order valence-electron chi connectivity index (χ2n) is 5.98. The molecule has 0 N–H and O–H groups in total. The maximum Gasteiger partial charge on any atom is 0.270 e. The molecule has 0 spiro atoms. The van der Waals surface area contributed by atoms with Crippen molar-refractivity contribution in [2.75, 3.05) is 20.8 Å². The Morgan fingerprint density at radius 3 is 2.64 bits per heavy atom. The number of ether oxygens (including phenoxy) is 2. The van der Waals surface area contributed by atoms with Gasteiger partial charge in [0, 0.05) is 25.0 Å². The maximum atomic E-state index is 13.0. The molecule has 1 aliphatic heterocycles. The highest BCUT2D eigenvalue weighted by Gasteiger charge is 2.25. The van der Waals surface area contributed by atoms with Crippen LogP contribution in [0.3, 0.4) is 0 Å². The van der Waals surface area contributed by atoms with Crippen molar-refractivity contribution in [3.05, 3.63) is 36.0 Å². The lowest BCUT2D eigenvalue weighted by atomic mass is 10.2. The number of nitrogens with zero attached hydrogens (tertiary/aromatic N) is 5. The lowest BCUT2D eigenvalue weighted by Gasteiger charge is -2.26. The van der Waals surface area contributed by atoms with Crippen molar-refractivity contribution < 1.29 is 14.3 Å². The average Bonchev–Trinajstić information content (AvgIpc) is 3.23. The minimum absolute atomic E-state index is 0.0223. The van der Waals surface area contributed by atoms with Gasteiger partial charge in [-0.2, -0.15) is 5.10 Å². The largest absolute Gasteiger partial charge is 0.493 e. The lowest BCUT2D eigenvalue weighted by molar-refractivity contribution is 0.0693. The van der Waals surface area contributed by atoms with Crippen LogP contribution >= 0.6 is 0 Å². The van der Waals surface area contributed by atoms with Gasteiger partial charge in [-0.15, -0.1) is 0 Å². The number of methoxy groups -OCH3 is 2. The van der Waals surface area contributed by atoms with Gasteiger partial charge in [0.05, 0.1) is 32.8 Å². The number of carbonyl (C=O) groups excluding carboxylic acids is 1. The average molecular weight is 341 g/mol. The van der Waals surface area contributed by atoms with Gasteiger partial charge in [0.1, 0.15) is 17.8 Å². The first-order chi connectivity index (χ1) is 12.1. The van der Waals surface area contributed by atoms with E-state index in [0.29, 0.717) is 36.8 Å². The van der Waals surface area contributed by atoms with Crippen LogP contribution in [0.1, 0.15) is 16.3 Å². The quantitative estimate of drug-likeness (QED) is 0.721. The summed E-state index contributed by atoms with van der Waals surface area (Å²) in [4.78, 5) is 19.0. The molecule has 0 atom stereocenters. The summed E-state index contributed by atoms with van der Waals surface area (Å²) < 4.78 is 14.4. The molecule has 0 fully saturated rings. The fourth-order valence-corrected chi connectivity index (χ4v) is 3.27. The Morgan fingerprint density at radius 2 is 1.88 bits per heavy atom. The Labute approximate surface area is 144 Å². The van der Waals surface area contributed by atoms with Crippen LogP contribution in [0.15, 0.2) is 24.5 Å². The zero-order chi connectivity index (χ0) is 17.6. The maximum absolute atomic E-state index is 13.0. The number of aromatic nitrogens is 4. The van der Waals surface area contributed by atoms with Gasteiger partial charge in [0.15, 0.2) is 11.5 Å². The third-order valence-electron chi connectivity index (χ3n) is 4.66. The molecule has 8 heteroatoms. The molecular formula is C17H19N5O3. The van der Waals surface area contributed by atoms with E-state index in [1.165, 1.54) is 6.33 Å². The highest BCUT2D eigenvalue weighted by Crippen LogP contribution is 2.33. The van der Waals surface area contributed by atoms with Crippen LogP contribution in [0.2, 0.25) is 0 Å². The molecule has 3 heterocycles. The summed E-state index contributed by atoms with van der Waals surface area (Å²) in [5.41, 5.74) is 1.54. The molecule has 1 aromatic carbocycles. The summed E-state index contributed by atoms with van der Waals surface area (Å²) in [5.74, 6) is 2.07. The van der Waals surface area contributed by atoms with Crippen molar-refractivity contribution >= 4 is 16.8 Å². The number of hydrogen-bond donors (Lipinski definition) is 0. The Morgan fingerprint density at radius 1 is 1.12 bits per heavy atom. The van der Waals surface area contributed by atoms with E-state index in [-0.39, 0.29) is 5.91 Å².